The van der Waals surface area contributed by atoms with Crippen LogP contribution in [0.15, 0.2) is 0 Å². The monoisotopic (exact) mass is 153 g/mol. The Balaban J connectivity index is 0.000000640. The van der Waals surface area contributed by atoms with E-state index in [2.05, 4.69) is 0 Å². The number of nitrogens with two attached hydrogens (primary N) is 1. The molecule has 0 unspecified atom stereocenters. The normalized spacial score (nSPS) is 34.0. The number of halogens is 2. The molecular formula is C6H13ClFN. The Labute approximate surface area is 61.2 Å². The zero-order valence-corrected chi connectivity index (χ0v) is 6.16. The molecule has 3 heteroatoms. The molecule has 1 nitrogen and oxygen atoms in total. The van der Waals surface area contributed by atoms with Crippen molar-refractivity contribution in [3.63, 3.8) is 0 Å². The summed E-state index contributed by atoms with van der Waals surface area (Å²) in [5, 5.41) is 0. The summed E-state index contributed by atoms with van der Waals surface area (Å²) < 4.78 is 12.5. The first-order valence-corrected chi connectivity index (χ1v) is 3.18. The topological polar surface area (TPSA) is 26.0 Å². The van der Waals surface area contributed by atoms with Crippen LogP contribution in [0, 0.1) is 5.92 Å². The number of alkyl halides is 1. The molecule has 1 aliphatic rings. The van der Waals surface area contributed by atoms with E-state index in [1.165, 1.54) is 0 Å². The van der Waals surface area contributed by atoms with Crippen molar-refractivity contribution in [2.75, 3.05) is 6.54 Å². The van der Waals surface area contributed by atoms with E-state index in [4.69, 9.17) is 5.73 Å². The zero-order valence-electron chi connectivity index (χ0n) is 5.35. The first kappa shape index (κ1) is 9.18. The van der Waals surface area contributed by atoms with Crippen LogP contribution in [0.4, 0.5) is 4.39 Å². The van der Waals surface area contributed by atoms with Crippen molar-refractivity contribution in [1.82, 2.24) is 0 Å². The van der Waals surface area contributed by atoms with Gasteiger partial charge in [0.25, 0.3) is 0 Å². The summed E-state index contributed by atoms with van der Waals surface area (Å²) in [5.41, 5.74) is 5.28. The second kappa shape index (κ2) is 4.07. The lowest BCUT2D eigenvalue weighted by molar-refractivity contribution is 0.268. The Kier molecular flexibility index (Phi) is 4.15. The van der Waals surface area contributed by atoms with Crippen LogP contribution in [0.3, 0.4) is 0 Å². The molecule has 0 bridgehead atoms. The molecule has 0 amide bonds. The highest BCUT2D eigenvalue weighted by molar-refractivity contribution is 5.85. The second-order valence-corrected chi connectivity index (χ2v) is 2.44. The number of rotatable bonds is 1. The van der Waals surface area contributed by atoms with Crippen molar-refractivity contribution >= 4 is 12.4 Å². The van der Waals surface area contributed by atoms with Crippen molar-refractivity contribution in [3.05, 3.63) is 0 Å². The lowest BCUT2D eigenvalue weighted by Gasteiger charge is -2.06. The van der Waals surface area contributed by atoms with E-state index in [0.29, 0.717) is 6.54 Å². The van der Waals surface area contributed by atoms with Gasteiger partial charge >= 0.3 is 0 Å². The van der Waals surface area contributed by atoms with Crippen LogP contribution in [0.25, 0.3) is 0 Å². The number of hydrogen-bond donors (Lipinski definition) is 1. The fourth-order valence-electron chi connectivity index (χ4n) is 1.26. The summed E-state index contributed by atoms with van der Waals surface area (Å²) in [4.78, 5) is 0. The van der Waals surface area contributed by atoms with Gasteiger partial charge in [-0.2, -0.15) is 0 Å². The predicted octanol–water partition coefficient (Wildman–Crippen LogP) is 1.51. The Bertz CT molecular complexity index is 79.5. The third kappa shape index (κ3) is 2.11. The lowest BCUT2D eigenvalue weighted by atomic mass is 10.1. The SMILES string of the molecule is Cl.NC[C@H]1CCC[C@H]1F. The average Bonchev–Trinajstić information content (AvgIpc) is 2.14. The highest BCUT2D eigenvalue weighted by Crippen LogP contribution is 2.26. The minimum Gasteiger partial charge on any atom is -0.330 e. The lowest BCUT2D eigenvalue weighted by Crippen LogP contribution is -2.18. The van der Waals surface area contributed by atoms with Crippen LogP contribution in [-0.4, -0.2) is 12.7 Å². The van der Waals surface area contributed by atoms with Crippen LogP contribution in [0.5, 0.6) is 0 Å². The van der Waals surface area contributed by atoms with Gasteiger partial charge in [-0.25, -0.2) is 4.39 Å². The summed E-state index contributed by atoms with van der Waals surface area (Å²) in [6.07, 6.45) is 2.17. The molecule has 0 heterocycles. The molecule has 1 saturated carbocycles. The molecule has 0 radical (unpaired) electrons. The fraction of sp³-hybridized carbons (Fsp3) is 1.00. The van der Waals surface area contributed by atoms with E-state index in [9.17, 15) is 4.39 Å². The molecular weight excluding hydrogens is 141 g/mol. The summed E-state index contributed by atoms with van der Waals surface area (Å²) in [6, 6.07) is 0. The standard InChI is InChI=1S/C6H12FN.ClH/c7-6-3-1-2-5(6)4-8;/h5-6H,1-4,8H2;1H/t5-,6-;/m1./s1. The second-order valence-electron chi connectivity index (χ2n) is 2.44. The minimum absolute atomic E-state index is 0. The van der Waals surface area contributed by atoms with Gasteiger partial charge in [-0.3, -0.25) is 0 Å². The van der Waals surface area contributed by atoms with Gasteiger partial charge < -0.3 is 5.73 Å². The summed E-state index contributed by atoms with van der Waals surface area (Å²) in [5.74, 6) is 0.176. The molecule has 2 atom stereocenters. The maximum Gasteiger partial charge on any atom is 0.104 e. The molecule has 9 heavy (non-hydrogen) atoms. The molecule has 0 aliphatic heterocycles. The highest BCUT2D eigenvalue weighted by atomic mass is 35.5. The van der Waals surface area contributed by atoms with E-state index in [0.717, 1.165) is 19.3 Å². The molecule has 0 spiro atoms. The van der Waals surface area contributed by atoms with Crippen molar-refractivity contribution < 1.29 is 4.39 Å². The van der Waals surface area contributed by atoms with Gasteiger partial charge in [-0.15, -0.1) is 12.4 Å². The third-order valence-electron chi connectivity index (χ3n) is 1.87. The maximum atomic E-state index is 12.5. The Morgan fingerprint density at radius 1 is 1.44 bits per heavy atom. The van der Waals surface area contributed by atoms with Crippen molar-refractivity contribution in [2.24, 2.45) is 11.7 Å². The van der Waals surface area contributed by atoms with Crippen LogP contribution >= 0.6 is 12.4 Å². The minimum atomic E-state index is -0.597. The van der Waals surface area contributed by atoms with Crippen LogP contribution in [0.1, 0.15) is 19.3 Å². The van der Waals surface area contributed by atoms with Gasteiger partial charge in [0.05, 0.1) is 0 Å². The molecule has 1 aliphatic carbocycles. The van der Waals surface area contributed by atoms with E-state index in [1.54, 1.807) is 0 Å². The van der Waals surface area contributed by atoms with Gasteiger partial charge in [0.2, 0.25) is 0 Å². The van der Waals surface area contributed by atoms with E-state index < -0.39 is 6.17 Å². The molecule has 1 fully saturated rings. The molecule has 0 aromatic carbocycles. The largest absolute Gasteiger partial charge is 0.330 e. The molecule has 0 aromatic rings. The smallest absolute Gasteiger partial charge is 0.104 e. The van der Waals surface area contributed by atoms with Gasteiger partial charge in [-0.1, -0.05) is 6.42 Å². The fourth-order valence-corrected chi connectivity index (χ4v) is 1.26. The Morgan fingerprint density at radius 2 is 2.11 bits per heavy atom. The van der Waals surface area contributed by atoms with Gasteiger partial charge in [0, 0.05) is 5.92 Å². The maximum absolute atomic E-state index is 12.5. The van der Waals surface area contributed by atoms with E-state index >= 15 is 0 Å². The zero-order chi connectivity index (χ0) is 5.98. The van der Waals surface area contributed by atoms with Crippen LogP contribution in [-0.2, 0) is 0 Å². The average molecular weight is 154 g/mol. The van der Waals surface area contributed by atoms with Gasteiger partial charge in [0.1, 0.15) is 6.17 Å². The van der Waals surface area contributed by atoms with Crippen molar-refractivity contribution in [3.8, 4) is 0 Å². The summed E-state index contributed by atoms with van der Waals surface area (Å²) >= 11 is 0. The Hall–Kier alpha value is 0.180. The van der Waals surface area contributed by atoms with E-state index in [-0.39, 0.29) is 18.3 Å². The molecule has 0 saturated heterocycles. The first-order chi connectivity index (χ1) is 3.84. The van der Waals surface area contributed by atoms with Crippen molar-refractivity contribution in [2.45, 2.75) is 25.4 Å². The first-order valence-electron chi connectivity index (χ1n) is 3.18. The van der Waals surface area contributed by atoms with Gasteiger partial charge in [0.15, 0.2) is 0 Å². The van der Waals surface area contributed by atoms with Crippen molar-refractivity contribution in [1.29, 1.82) is 0 Å². The summed E-state index contributed by atoms with van der Waals surface area (Å²) in [7, 11) is 0. The van der Waals surface area contributed by atoms with Crippen LogP contribution < -0.4 is 5.73 Å². The highest BCUT2D eigenvalue weighted by Gasteiger charge is 2.24. The quantitative estimate of drug-likeness (QED) is 0.607. The van der Waals surface area contributed by atoms with Crippen LogP contribution in [0.2, 0.25) is 0 Å². The Morgan fingerprint density at radius 3 is 2.33 bits per heavy atom. The number of hydrogen-bond acceptors (Lipinski definition) is 1. The molecule has 56 valence electrons. The van der Waals surface area contributed by atoms with E-state index in [1.807, 2.05) is 0 Å². The predicted molar refractivity (Wildman–Crippen MR) is 38.5 cm³/mol. The molecule has 1 rings (SSSR count). The third-order valence-corrected chi connectivity index (χ3v) is 1.87. The van der Waals surface area contributed by atoms with Gasteiger partial charge in [-0.05, 0) is 19.4 Å². The molecule has 0 aromatic heterocycles. The molecule has 2 N–H and O–H groups in total. The summed E-state index contributed by atoms with van der Waals surface area (Å²) in [6.45, 7) is 0.529.